The van der Waals surface area contributed by atoms with Crippen LogP contribution in [0.15, 0.2) is 34.1 Å². The molecule has 3 aromatic rings. The molecule has 0 unspecified atom stereocenters. The van der Waals surface area contributed by atoms with Gasteiger partial charge in [-0.3, -0.25) is 14.2 Å². The molecule has 9 nitrogen and oxygen atoms in total. The predicted molar refractivity (Wildman–Crippen MR) is 105 cm³/mol. The average molecular weight is 403 g/mol. The van der Waals surface area contributed by atoms with Crippen LogP contribution < -0.4 is 20.8 Å². The average Bonchev–Trinajstić information content (AvgIpc) is 2.73. The number of anilines is 1. The van der Waals surface area contributed by atoms with Crippen LogP contribution in [-0.4, -0.2) is 44.3 Å². The summed E-state index contributed by atoms with van der Waals surface area (Å²) in [6.07, 6.45) is 4.46. The normalized spacial score (nSPS) is 15.2. The van der Waals surface area contributed by atoms with Crippen molar-refractivity contribution in [3.63, 3.8) is 0 Å². The van der Waals surface area contributed by atoms with E-state index in [-0.39, 0.29) is 6.04 Å². The molecule has 0 aliphatic carbocycles. The summed E-state index contributed by atoms with van der Waals surface area (Å²) >= 11 is 6.04. The van der Waals surface area contributed by atoms with Crippen molar-refractivity contribution in [3.05, 3.63) is 50.3 Å². The highest BCUT2D eigenvalue weighted by molar-refractivity contribution is 6.31. The minimum absolute atomic E-state index is 0.139. The molecule has 3 aromatic heterocycles. The molecule has 0 amide bonds. The lowest BCUT2D eigenvalue weighted by molar-refractivity contribution is 0.382. The van der Waals surface area contributed by atoms with Crippen LogP contribution in [-0.2, 0) is 7.05 Å². The molecule has 146 valence electrons. The number of aromatic nitrogens is 5. The number of nitrogens with zero attached hydrogens (tertiary/aromatic N) is 6. The van der Waals surface area contributed by atoms with Gasteiger partial charge in [0.2, 0.25) is 11.8 Å². The highest BCUT2D eigenvalue weighted by atomic mass is 35.5. The molecule has 1 saturated heterocycles. The zero-order valence-electron chi connectivity index (χ0n) is 15.5. The molecule has 28 heavy (non-hydrogen) atoms. The number of pyridine rings is 1. The Morgan fingerprint density at radius 2 is 1.93 bits per heavy atom. The summed E-state index contributed by atoms with van der Waals surface area (Å²) in [4.78, 5) is 40.2. The van der Waals surface area contributed by atoms with Crippen LogP contribution in [0.25, 0.3) is 11.2 Å². The fraction of sp³-hybridized carbons (Fsp3) is 0.389. The maximum atomic E-state index is 12.7. The zero-order valence-corrected chi connectivity index (χ0v) is 16.3. The molecule has 0 N–H and O–H groups in total. The number of piperidine rings is 1. The van der Waals surface area contributed by atoms with Crippen LogP contribution in [0, 0.1) is 0 Å². The second kappa shape index (κ2) is 7.23. The smallest absolute Gasteiger partial charge is 0.318 e. The van der Waals surface area contributed by atoms with Gasteiger partial charge < -0.3 is 14.2 Å². The number of methoxy groups -OCH3 is 1. The van der Waals surface area contributed by atoms with Crippen molar-refractivity contribution in [2.45, 2.75) is 18.9 Å². The van der Waals surface area contributed by atoms with Gasteiger partial charge in [-0.25, -0.2) is 9.97 Å². The van der Waals surface area contributed by atoms with Gasteiger partial charge >= 0.3 is 11.1 Å². The SMILES string of the molecule is COc1ccnc(N2CCC(n3c(=O)c(=O)n(C)c4cc(Cl)cnc43)CC2)n1. The van der Waals surface area contributed by atoms with Crippen LogP contribution in [0.1, 0.15) is 18.9 Å². The first-order valence-corrected chi connectivity index (χ1v) is 9.26. The zero-order chi connectivity index (χ0) is 19.8. The summed E-state index contributed by atoms with van der Waals surface area (Å²) in [5.41, 5.74) is -0.153. The number of hydrogen-bond donors (Lipinski definition) is 0. The van der Waals surface area contributed by atoms with Crippen LogP contribution in [0.2, 0.25) is 5.02 Å². The molecule has 0 saturated carbocycles. The van der Waals surface area contributed by atoms with Crippen molar-refractivity contribution in [2.75, 3.05) is 25.1 Å². The van der Waals surface area contributed by atoms with Crippen molar-refractivity contribution in [2.24, 2.45) is 7.05 Å². The van der Waals surface area contributed by atoms with Crippen molar-refractivity contribution in [3.8, 4) is 5.88 Å². The molecule has 4 heterocycles. The number of aryl methyl sites for hydroxylation is 1. The Morgan fingerprint density at radius 3 is 2.64 bits per heavy atom. The number of halogens is 1. The molecular weight excluding hydrogens is 384 g/mol. The molecule has 0 radical (unpaired) electrons. The van der Waals surface area contributed by atoms with Crippen molar-refractivity contribution < 1.29 is 4.74 Å². The number of hydrogen-bond acceptors (Lipinski definition) is 7. The molecule has 0 spiro atoms. The number of rotatable bonds is 3. The molecule has 4 rings (SSSR count). The molecule has 0 atom stereocenters. The van der Waals surface area contributed by atoms with E-state index >= 15 is 0 Å². The van der Waals surface area contributed by atoms with Crippen LogP contribution in [0.3, 0.4) is 0 Å². The van der Waals surface area contributed by atoms with Crippen molar-refractivity contribution in [1.82, 2.24) is 24.1 Å². The third-order valence-corrected chi connectivity index (χ3v) is 5.26. The minimum atomic E-state index is -0.588. The predicted octanol–water partition coefficient (Wildman–Crippen LogP) is 1.39. The molecule has 0 bridgehead atoms. The quantitative estimate of drug-likeness (QED) is 0.611. The third-order valence-electron chi connectivity index (χ3n) is 5.05. The van der Waals surface area contributed by atoms with E-state index in [2.05, 4.69) is 15.0 Å². The maximum Gasteiger partial charge on any atom is 0.318 e. The highest BCUT2D eigenvalue weighted by Gasteiger charge is 2.26. The monoisotopic (exact) mass is 402 g/mol. The van der Waals surface area contributed by atoms with Crippen molar-refractivity contribution in [1.29, 1.82) is 0 Å². The molecule has 10 heteroatoms. The van der Waals surface area contributed by atoms with E-state index < -0.39 is 11.1 Å². The Morgan fingerprint density at radius 1 is 1.18 bits per heavy atom. The summed E-state index contributed by atoms with van der Waals surface area (Å²) in [6.45, 7) is 1.29. The van der Waals surface area contributed by atoms with Crippen LogP contribution >= 0.6 is 11.6 Å². The standard InChI is InChI=1S/C18H19ClN6O3/c1-23-13-9-11(19)10-21-15(13)25(17(27)16(23)26)12-4-7-24(8-5-12)18-20-6-3-14(22-18)28-2/h3,6,9-10,12H,4-5,7-8H2,1-2H3. The molecule has 1 aliphatic heterocycles. The van der Waals surface area contributed by atoms with E-state index in [4.69, 9.17) is 16.3 Å². The minimum Gasteiger partial charge on any atom is -0.481 e. The maximum absolute atomic E-state index is 12.7. The summed E-state index contributed by atoms with van der Waals surface area (Å²) in [7, 11) is 3.11. The third kappa shape index (κ3) is 3.11. The van der Waals surface area contributed by atoms with Crippen LogP contribution in [0.5, 0.6) is 5.88 Å². The Balaban J connectivity index is 1.67. The van der Waals surface area contributed by atoms with Gasteiger partial charge in [0.15, 0.2) is 5.65 Å². The molecule has 0 aromatic carbocycles. The Bertz CT molecular complexity index is 1150. The fourth-order valence-electron chi connectivity index (χ4n) is 3.57. The topological polar surface area (TPSA) is 95.1 Å². The van der Waals surface area contributed by atoms with Gasteiger partial charge in [0.25, 0.3) is 0 Å². The second-order valence-electron chi connectivity index (χ2n) is 6.65. The first-order valence-electron chi connectivity index (χ1n) is 8.88. The van der Waals surface area contributed by atoms with Gasteiger partial charge in [-0.1, -0.05) is 11.6 Å². The van der Waals surface area contributed by atoms with Gasteiger partial charge in [0.1, 0.15) is 0 Å². The second-order valence-corrected chi connectivity index (χ2v) is 7.09. The van der Waals surface area contributed by atoms with E-state index in [1.165, 1.54) is 15.3 Å². The Kier molecular flexibility index (Phi) is 4.76. The van der Waals surface area contributed by atoms with Crippen molar-refractivity contribution >= 4 is 28.7 Å². The van der Waals surface area contributed by atoms with Gasteiger partial charge in [-0.15, -0.1) is 0 Å². The van der Waals surface area contributed by atoms with E-state index in [9.17, 15) is 9.59 Å². The summed E-state index contributed by atoms with van der Waals surface area (Å²) in [6, 6.07) is 3.21. The first-order chi connectivity index (χ1) is 13.5. The summed E-state index contributed by atoms with van der Waals surface area (Å²) in [5.74, 6) is 1.09. The molecule has 1 fully saturated rings. The van der Waals surface area contributed by atoms with Gasteiger partial charge in [0, 0.05) is 44.6 Å². The fourth-order valence-corrected chi connectivity index (χ4v) is 3.72. The highest BCUT2D eigenvalue weighted by Crippen LogP contribution is 2.26. The lowest BCUT2D eigenvalue weighted by atomic mass is 10.0. The van der Waals surface area contributed by atoms with E-state index in [0.717, 1.165) is 0 Å². The molecule has 1 aliphatic rings. The Labute approximate surface area is 165 Å². The van der Waals surface area contributed by atoms with Gasteiger partial charge in [0.05, 0.1) is 17.6 Å². The van der Waals surface area contributed by atoms with E-state index in [1.54, 1.807) is 32.5 Å². The van der Waals surface area contributed by atoms with Crippen LogP contribution in [0.4, 0.5) is 5.95 Å². The Hall–Kier alpha value is -2.94. The lowest BCUT2D eigenvalue weighted by Crippen LogP contribution is -2.45. The number of ether oxygens (including phenoxy) is 1. The first kappa shape index (κ1) is 18.4. The lowest BCUT2D eigenvalue weighted by Gasteiger charge is -2.33. The van der Waals surface area contributed by atoms with E-state index in [1.807, 2.05) is 4.90 Å². The van der Waals surface area contributed by atoms with E-state index in [0.29, 0.717) is 53.9 Å². The number of fused-ring (bicyclic) bond motifs is 1. The van der Waals surface area contributed by atoms with Gasteiger partial charge in [-0.2, -0.15) is 4.98 Å². The largest absolute Gasteiger partial charge is 0.481 e. The molecular formula is C18H19ClN6O3. The summed E-state index contributed by atoms with van der Waals surface area (Å²) < 4.78 is 7.96. The summed E-state index contributed by atoms with van der Waals surface area (Å²) in [5, 5.41) is 0.415. The van der Waals surface area contributed by atoms with Gasteiger partial charge in [-0.05, 0) is 18.9 Å².